The van der Waals surface area contributed by atoms with Crippen molar-refractivity contribution in [3.8, 4) is 0 Å². The Kier molecular flexibility index (Phi) is 8.03. The lowest BCUT2D eigenvalue weighted by atomic mass is 10.2. The zero-order valence-electron chi connectivity index (χ0n) is 18.8. The summed E-state index contributed by atoms with van der Waals surface area (Å²) in [5.41, 5.74) is 3.29. The molecule has 0 radical (unpaired) electrons. The zero-order valence-corrected chi connectivity index (χ0v) is 18.8. The number of carbonyl (C=O) groups excluding carboxylic acids is 2. The lowest BCUT2D eigenvalue weighted by Gasteiger charge is -2.36. The standard InChI is InChI=1S/C24H33N5O2/c1-26(2)24(31)19-27(3)18-23(30)25-21-9-11-22(12-10-21)29-15-13-28(14-16-29)17-20-7-5-4-6-8-20/h4-12H,13-19H2,1-3H3,(H,25,30). The van der Waals surface area contributed by atoms with Crippen LogP contribution < -0.4 is 10.2 Å². The molecule has 2 aromatic rings. The second kappa shape index (κ2) is 10.9. The monoisotopic (exact) mass is 423 g/mol. The first-order chi connectivity index (χ1) is 14.9. The number of amides is 2. The van der Waals surface area contributed by atoms with E-state index in [4.69, 9.17) is 0 Å². The van der Waals surface area contributed by atoms with Gasteiger partial charge in [0.1, 0.15) is 0 Å². The Morgan fingerprint density at radius 1 is 0.871 bits per heavy atom. The molecule has 7 heteroatoms. The van der Waals surface area contributed by atoms with Crippen LogP contribution in [0.5, 0.6) is 0 Å². The number of benzene rings is 2. The van der Waals surface area contributed by atoms with Crippen LogP contribution in [0.3, 0.4) is 0 Å². The Labute approximate surface area is 185 Å². The molecule has 3 rings (SSSR count). The molecule has 0 bridgehead atoms. The van der Waals surface area contributed by atoms with Crippen molar-refractivity contribution in [1.82, 2.24) is 14.7 Å². The van der Waals surface area contributed by atoms with Gasteiger partial charge in [0.25, 0.3) is 0 Å². The van der Waals surface area contributed by atoms with Crippen LogP contribution >= 0.6 is 0 Å². The van der Waals surface area contributed by atoms with Crippen molar-refractivity contribution < 1.29 is 9.59 Å². The second-order valence-electron chi connectivity index (χ2n) is 8.30. The van der Waals surface area contributed by atoms with Crippen molar-refractivity contribution in [3.05, 3.63) is 60.2 Å². The van der Waals surface area contributed by atoms with Gasteiger partial charge in [0.15, 0.2) is 0 Å². The van der Waals surface area contributed by atoms with E-state index in [0.29, 0.717) is 0 Å². The molecule has 2 amide bonds. The first kappa shape index (κ1) is 22.8. The van der Waals surface area contributed by atoms with E-state index in [1.54, 1.807) is 26.0 Å². The first-order valence-corrected chi connectivity index (χ1v) is 10.7. The number of anilines is 2. The quantitative estimate of drug-likeness (QED) is 0.704. The summed E-state index contributed by atoms with van der Waals surface area (Å²) in [6.45, 7) is 5.43. The Balaban J connectivity index is 1.44. The molecule has 166 valence electrons. The Bertz CT molecular complexity index is 846. The van der Waals surface area contributed by atoms with Gasteiger partial charge < -0.3 is 15.1 Å². The fourth-order valence-electron chi connectivity index (χ4n) is 3.64. The summed E-state index contributed by atoms with van der Waals surface area (Å²) in [4.78, 5) is 32.1. The van der Waals surface area contributed by atoms with Crippen molar-refractivity contribution in [2.45, 2.75) is 6.54 Å². The van der Waals surface area contributed by atoms with E-state index in [-0.39, 0.29) is 24.9 Å². The molecule has 1 saturated heterocycles. The molecule has 31 heavy (non-hydrogen) atoms. The van der Waals surface area contributed by atoms with Gasteiger partial charge in [-0.25, -0.2) is 0 Å². The number of carbonyl (C=O) groups is 2. The number of nitrogens with zero attached hydrogens (tertiary/aromatic N) is 4. The summed E-state index contributed by atoms with van der Waals surface area (Å²) in [7, 11) is 5.18. The molecule has 0 saturated carbocycles. The molecule has 1 aliphatic rings. The third kappa shape index (κ3) is 7.08. The Hall–Kier alpha value is -2.90. The predicted octanol–water partition coefficient (Wildman–Crippen LogP) is 1.97. The van der Waals surface area contributed by atoms with Crippen LogP contribution in [0, 0.1) is 0 Å². The van der Waals surface area contributed by atoms with Crippen LogP contribution in [-0.4, -0.2) is 86.9 Å². The van der Waals surface area contributed by atoms with Crippen LogP contribution in [0.25, 0.3) is 0 Å². The first-order valence-electron chi connectivity index (χ1n) is 10.7. The highest BCUT2D eigenvalue weighted by molar-refractivity contribution is 5.92. The minimum atomic E-state index is -0.128. The molecule has 1 aliphatic heterocycles. The highest BCUT2D eigenvalue weighted by Gasteiger charge is 2.17. The largest absolute Gasteiger partial charge is 0.369 e. The van der Waals surface area contributed by atoms with Crippen molar-refractivity contribution >= 4 is 23.2 Å². The molecular formula is C24H33N5O2. The Morgan fingerprint density at radius 2 is 1.52 bits per heavy atom. The van der Waals surface area contributed by atoms with Gasteiger partial charge in [-0.15, -0.1) is 0 Å². The third-order valence-corrected chi connectivity index (χ3v) is 5.46. The lowest BCUT2D eigenvalue weighted by Crippen LogP contribution is -2.45. The van der Waals surface area contributed by atoms with E-state index in [9.17, 15) is 9.59 Å². The highest BCUT2D eigenvalue weighted by atomic mass is 16.2. The van der Waals surface area contributed by atoms with Gasteiger partial charge in [-0.1, -0.05) is 30.3 Å². The molecule has 1 fully saturated rings. The van der Waals surface area contributed by atoms with Gasteiger partial charge in [0, 0.05) is 58.2 Å². The van der Waals surface area contributed by atoms with Crippen molar-refractivity contribution in [2.75, 3.05) is 70.6 Å². The number of hydrogen-bond donors (Lipinski definition) is 1. The van der Waals surface area contributed by atoms with E-state index in [2.05, 4.69) is 57.6 Å². The van der Waals surface area contributed by atoms with Gasteiger partial charge in [0.05, 0.1) is 13.1 Å². The molecule has 0 unspecified atom stereocenters. The molecule has 0 atom stereocenters. The maximum Gasteiger partial charge on any atom is 0.238 e. The van der Waals surface area contributed by atoms with Gasteiger partial charge in [0.2, 0.25) is 11.8 Å². The molecule has 0 aromatic heterocycles. The fourth-order valence-corrected chi connectivity index (χ4v) is 3.64. The summed E-state index contributed by atoms with van der Waals surface area (Å²) in [5.74, 6) is -0.153. The van der Waals surface area contributed by atoms with Crippen molar-refractivity contribution in [2.24, 2.45) is 0 Å². The number of piperazine rings is 1. The van der Waals surface area contributed by atoms with E-state index in [1.165, 1.54) is 16.2 Å². The summed E-state index contributed by atoms with van der Waals surface area (Å²) < 4.78 is 0. The Morgan fingerprint density at radius 3 is 2.13 bits per heavy atom. The smallest absolute Gasteiger partial charge is 0.238 e. The molecule has 1 heterocycles. The summed E-state index contributed by atoms with van der Waals surface area (Å²) in [5, 5.41) is 2.91. The lowest BCUT2D eigenvalue weighted by molar-refractivity contribution is -0.130. The average Bonchev–Trinajstić information content (AvgIpc) is 2.75. The topological polar surface area (TPSA) is 59.1 Å². The van der Waals surface area contributed by atoms with E-state index in [1.807, 2.05) is 12.1 Å². The fraction of sp³-hybridized carbons (Fsp3) is 0.417. The number of rotatable bonds is 8. The molecule has 0 aliphatic carbocycles. The minimum Gasteiger partial charge on any atom is -0.369 e. The third-order valence-electron chi connectivity index (χ3n) is 5.46. The van der Waals surface area contributed by atoms with E-state index < -0.39 is 0 Å². The normalized spacial score (nSPS) is 14.5. The molecule has 0 spiro atoms. The zero-order chi connectivity index (χ0) is 22.2. The van der Waals surface area contributed by atoms with Crippen LogP contribution in [-0.2, 0) is 16.1 Å². The molecular weight excluding hydrogens is 390 g/mol. The number of likely N-dealkylation sites (N-methyl/N-ethyl adjacent to an activating group) is 2. The van der Waals surface area contributed by atoms with E-state index >= 15 is 0 Å². The summed E-state index contributed by atoms with van der Waals surface area (Å²) in [6.07, 6.45) is 0. The molecule has 2 aromatic carbocycles. The van der Waals surface area contributed by atoms with Crippen molar-refractivity contribution in [1.29, 1.82) is 0 Å². The van der Waals surface area contributed by atoms with Crippen LogP contribution in [0.4, 0.5) is 11.4 Å². The summed E-state index contributed by atoms with van der Waals surface area (Å²) in [6, 6.07) is 18.6. The molecule has 1 N–H and O–H groups in total. The van der Waals surface area contributed by atoms with E-state index in [0.717, 1.165) is 38.4 Å². The molecule has 7 nitrogen and oxygen atoms in total. The SMILES string of the molecule is CN(CC(=O)Nc1ccc(N2CCN(Cc3ccccc3)CC2)cc1)CC(=O)N(C)C. The van der Waals surface area contributed by atoms with Gasteiger partial charge in [-0.2, -0.15) is 0 Å². The summed E-state index contributed by atoms with van der Waals surface area (Å²) >= 11 is 0. The van der Waals surface area contributed by atoms with Crippen molar-refractivity contribution in [3.63, 3.8) is 0 Å². The minimum absolute atomic E-state index is 0.0245. The maximum atomic E-state index is 12.3. The average molecular weight is 424 g/mol. The number of nitrogens with one attached hydrogen (secondary N) is 1. The maximum absolute atomic E-state index is 12.3. The highest BCUT2D eigenvalue weighted by Crippen LogP contribution is 2.20. The number of hydrogen-bond acceptors (Lipinski definition) is 5. The van der Waals surface area contributed by atoms with Gasteiger partial charge >= 0.3 is 0 Å². The second-order valence-corrected chi connectivity index (χ2v) is 8.30. The van der Waals surface area contributed by atoms with Gasteiger partial charge in [-0.3, -0.25) is 19.4 Å². The van der Waals surface area contributed by atoms with Crippen LogP contribution in [0.1, 0.15) is 5.56 Å². The van der Waals surface area contributed by atoms with Crippen LogP contribution in [0.2, 0.25) is 0 Å². The van der Waals surface area contributed by atoms with Crippen LogP contribution in [0.15, 0.2) is 54.6 Å². The van der Waals surface area contributed by atoms with Gasteiger partial charge in [-0.05, 0) is 36.9 Å². The predicted molar refractivity (Wildman–Crippen MR) is 125 cm³/mol.